The number of hydrogen-bond acceptors (Lipinski definition) is 3. The first-order valence-corrected chi connectivity index (χ1v) is 5.29. The minimum absolute atomic E-state index is 0.178. The number of halogens is 1. The number of hydrogen-bond donors (Lipinski definition) is 2. The van der Waals surface area contributed by atoms with E-state index in [9.17, 15) is 12.3 Å². The number of nitrogen functional groups attached to an aromatic ring is 1. The van der Waals surface area contributed by atoms with Crippen LogP contribution in [0.2, 0.25) is 0 Å². The highest BCUT2D eigenvalue weighted by Crippen LogP contribution is 2.09. The summed E-state index contributed by atoms with van der Waals surface area (Å²) in [4.78, 5) is 0. The van der Waals surface area contributed by atoms with Gasteiger partial charge >= 0.3 is 10.2 Å². The molecule has 0 aliphatic heterocycles. The summed E-state index contributed by atoms with van der Waals surface area (Å²) in [7, 11) is -4.53. The van der Waals surface area contributed by atoms with Crippen LogP contribution in [0.4, 0.5) is 3.89 Å². The molecule has 0 aliphatic carbocycles. The van der Waals surface area contributed by atoms with Gasteiger partial charge < -0.3 is 5.73 Å². The Hall–Kier alpha value is -1.43. The monoisotopic (exact) mass is 216 g/mol. The van der Waals surface area contributed by atoms with E-state index in [0.717, 1.165) is 0 Å². The molecule has 3 N–H and O–H groups in total. The van der Waals surface area contributed by atoms with Gasteiger partial charge in [0.1, 0.15) is 11.6 Å². The minimum atomic E-state index is -4.53. The van der Waals surface area contributed by atoms with Crippen molar-refractivity contribution in [2.75, 3.05) is 0 Å². The van der Waals surface area contributed by atoms with Crippen LogP contribution in [-0.4, -0.2) is 14.3 Å². The molecule has 0 heterocycles. The van der Waals surface area contributed by atoms with Gasteiger partial charge in [0.15, 0.2) is 0 Å². The summed E-state index contributed by atoms with van der Waals surface area (Å²) < 4.78 is 33.0. The molecular formula is C8H9FN2O2S. The zero-order valence-corrected chi connectivity index (χ0v) is 8.01. The standard InChI is InChI=1S/C8H9FN2O2S/c9-14(12,13)5-6-2-1-3-7(4-6)8(10)11/h1-4H,5H2,(H3,10,11). The fourth-order valence-corrected chi connectivity index (χ4v) is 1.61. The third-order valence-electron chi connectivity index (χ3n) is 1.58. The lowest BCUT2D eigenvalue weighted by atomic mass is 10.1. The molecule has 0 saturated carbocycles. The molecule has 0 spiro atoms. The van der Waals surface area contributed by atoms with Gasteiger partial charge in [-0.3, -0.25) is 5.41 Å². The van der Waals surface area contributed by atoms with Crippen molar-refractivity contribution in [2.45, 2.75) is 5.75 Å². The highest BCUT2D eigenvalue weighted by Gasteiger charge is 2.09. The summed E-state index contributed by atoms with van der Waals surface area (Å²) in [5.41, 5.74) is 5.85. The van der Waals surface area contributed by atoms with E-state index >= 15 is 0 Å². The van der Waals surface area contributed by atoms with E-state index in [0.29, 0.717) is 5.56 Å². The molecule has 76 valence electrons. The van der Waals surface area contributed by atoms with E-state index in [2.05, 4.69) is 0 Å². The first-order valence-electron chi connectivity index (χ1n) is 3.74. The normalized spacial score (nSPS) is 11.2. The summed E-state index contributed by atoms with van der Waals surface area (Å²) in [6.45, 7) is 0. The maximum Gasteiger partial charge on any atom is 0.306 e. The first kappa shape index (κ1) is 10.6. The van der Waals surface area contributed by atoms with Crippen molar-refractivity contribution < 1.29 is 12.3 Å². The maximum atomic E-state index is 12.3. The molecule has 0 aromatic heterocycles. The Morgan fingerprint density at radius 1 is 1.50 bits per heavy atom. The quantitative estimate of drug-likeness (QED) is 0.444. The second-order valence-corrected chi connectivity index (χ2v) is 4.16. The maximum absolute atomic E-state index is 12.3. The molecule has 0 aliphatic rings. The minimum Gasteiger partial charge on any atom is -0.384 e. The third-order valence-corrected chi connectivity index (χ3v) is 2.26. The van der Waals surface area contributed by atoms with Crippen LogP contribution in [0.15, 0.2) is 24.3 Å². The first-order chi connectivity index (χ1) is 6.38. The molecule has 1 aromatic carbocycles. The van der Waals surface area contributed by atoms with Crippen LogP contribution in [0.5, 0.6) is 0 Å². The third kappa shape index (κ3) is 3.14. The van der Waals surface area contributed by atoms with Crippen LogP contribution in [0.25, 0.3) is 0 Å². The Labute approximate surface area is 81.3 Å². The summed E-state index contributed by atoms with van der Waals surface area (Å²) in [5, 5.41) is 7.10. The zero-order chi connectivity index (χ0) is 10.8. The molecule has 0 radical (unpaired) electrons. The molecule has 1 rings (SSSR count). The summed E-state index contributed by atoms with van der Waals surface area (Å²) in [6.07, 6.45) is 0. The topological polar surface area (TPSA) is 84.0 Å². The molecule has 0 amide bonds. The van der Waals surface area contributed by atoms with Crippen molar-refractivity contribution in [3.63, 3.8) is 0 Å². The molecule has 4 nitrogen and oxygen atoms in total. The fraction of sp³-hybridized carbons (Fsp3) is 0.125. The van der Waals surface area contributed by atoms with Gasteiger partial charge in [-0.15, -0.1) is 3.89 Å². The molecule has 0 atom stereocenters. The van der Waals surface area contributed by atoms with Gasteiger partial charge in [-0.2, -0.15) is 8.42 Å². The van der Waals surface area contributed by atoms with Crippen molar-refractivity contribution in [3.8, 4) is 0 Å². The smallest absolute Gasteiger partial charge is 0.306 e. The van der Waals surface area contributed by atoms with Gasteiger partial charge in [-0.25, -0.2) is 0 Å². The number of rotatable bonds is 3. The van der Waals surface area contributed by atoms with Gasteiger partial charge in [0.25, 0.3) is 0 Å². The number of benzene rings is 1. The van der Waals surface area contributed by atoms with Crippen molar-refractivity contribution in [3.05, 3.63) is 35.4 Å². The Morgan fingerprint density at radius 2 is 2.14 bits per heavy atom. The summed E-state index contributed by atoms with van der Waals surface area (Å²) in [5.74, 6) is -0.864. The molecular weight excluding hydrogens is 207 g/mol. The van der Waals surface area contributed by atoms with Crippen molar-refractivity contribution >= 4 is 16.1 Å². The molecule has 0 fully saturated rings. The highest BCUT2D eigenvalue weighted by molar-refractivity contribution is 7.85. The second kappa shape index (κ2) is 3.75. The number of amidine groups is 1. The van der Waals surface area contributed by atoms with Crippen molar-refractivity contribution in [1.29, 1.82) is 5.41 Å². The average Bonchev–Trinajstić information content (AvgIpc) is 2.01. The van der Waals surface area contributed by atoms with Gasteiger partial charge in [-0.1, -0.05) is 18.2 Å². The lowest BCUT2D eigenvalue weighted by molar-refractivity contribution is 0.551. The predicted molar refractivity (Wildman–Crippen MR) is 51.2 cm³/mol. The van der Waals surface area contributed by atoms with Crippen LogP contribution in [0.3, 0.4) is 0 Å². The van der Waals surface area contributed by atoms with Gasteiger partial charge in [0.2, 0.25) is 0 Å². The molecule has 6 heteroatoms. The molecule has 1 aromatic rings. The van der Waals surface area contributed by atoms with Crippen LogP contribution >= 0.6 is 0 Å². The van der Waals surface area contributed by atoms with E-state index in [-0.39, 0.29) is 11.4 Å². The summed E-state index contributed by atoms with van der Waals surface area (Å²) >= 11 is 0. The molecule has 14 heavy (non-hydrogen) atoms. The predicted octanol–water partition coefficient (Wildman–Crippen LogP) is 0.770. The van der Waals surface area contributed by atoms with Crippen LogP contribution in [-0.2, 0) is 16.0 Å². The van der Waals surface area contributed by atoms with E-state index in [1.807, 2.05) is 0 Å². The van der Waals surface area contributed by atoms with Crippen molar-refractivity contribution in [2.24, 2.45) is 5.73 Å². The fourth-order valence-electron chi connectivity index (χ4n) is 1.03. The Balaban J connectivity index is 3.01. The van der Waals surface area contributed by atoms with Gasteiger partial charge in [0, 0.05) is 5.56 Å². The number of nitrogens with one attached hydrogen (secondary N) is 1. The number of nitrogens with two attached hydrogens (primary N) is 1. The molecule has 0 unspecified atom stereocenters. The van der Waals surface area contributed by atoms with Gasteiger partial charge in [0.05, 0.1) is 0 Å². The van der Waals surface area contributed by atoms with Gasteiger partial charge in [-0.05, 0) is 11.6 Å². The zero-order valence-electron chi connectivity index (χ0n) is 7.20. The van der Waals surface area contributed by atoms with Crippen LogP contribution in [0.1, 0.15) is 11.1 Å². The van der Waals surface area contributed by atoms with E-state index < -0.39 is 16.0 Å². The van der Waals surface area contributed by atoms with E-state index in [4.69, 9.17) is 11.1 Å². The lowest BCUT2D eigenvalue weighted by Crippen LogP contribution is -2.11. The lowest BCUT2D eigenvalue weighted by Gasteiger charge is -2.01. The van der Waals surface area contributed by atoms with E-state index in [1.54, 1.807) is 6.07 Å². The SMILES string of the molecule is N=C(N)c1cccc(CS(=O)(=O)F)c1. The molecule has 0 bridgehead atoms. The van der Waals surface area contributed by atoms with Crippen LogP contribution < -0.4 is 5.73 Å². The Morgan fingerprint density at radius 3 is 2.64 bits per heavy atom. The molecule has 0 saturated heterocycles. The second-order valence-electron chi connectivity index (χ2n) is 2.80. The van der Waals surface area contributed by atoms with E-state index in [1.165, 1.54) is 18.2 Å². The summed E-state index contributed by atoms with van der Waals surface area (Å²) in [6, 6.07) is 5.91. The highest BCUT2D eigenvalue weighted by atomic mass is 32.3. The largest absolute Gasteiger partial charge is 0.384 e. The van der Waals surface area contributed by atoms with Crippen LogP contribution in [0, 0.1) is 5.41 Å². The Bertz CT molecular complexity index is 456. The Kier molecular flexibility index (Phi) is 2.85. The van der Waals surface area contributed by atoms with Crippen molar-refractivity contribution in [1.82, 2.24) is 0 Å². The average molecular weight is 216 g/mol.